The summed E-state index contributed by atoms with van der Waals surface area (Å²) in [6.45, 7) is 3.17. The van der Waals surface area contributed by atoms with Gasteiger partial charge in [-0.2, -0.15) is 13.2 Å². The van der Waals surface area contributed by atoms with Crippen molar-refractivity contribution in [2.75, 3.05) is 0 Å². The van der Waals surface area contributed by atoms with Crippen LogP contribution in [0.5, 0.6) is 0 Å². The number of alkyl halides is 3. The molecule has 0 amide bonds. The first-order valence-electron chi connectivity index (χ1n) is 5.06. The topological polar surface area (TPSA) is 26.3 Å². The number of allylic oxidation sites excluding steroid dienone is 3. The van der Waals surface area contributed by atoms with Gasteiger partial charge in [-0.05, 0) is 26.3 Å². The molecule has 1 aliphatic carbocycles. The van der Waals surface area contributed by atoms with Gasteiger partial charge in [0.1, 0.15) is 0 Å². The minimum absolute atomic E-state index is 0.00841. The maximum atomic E-state index is 12.7. The van der Waals surface area contributed by atoms with Crippen LogP contribution >= 0.6 is 11.6 Å². The number of hydrogen-bond acceptors (Lipinski definition) is 2. The van der Waals surface area contributed by atoms with Crippen LogP contribution in [0.1, 0.15) is 20.3 Å². The van der Waals surface area contributed by atoms with Crippen molar-refractivity contribution in [3.63, 3.8) is 0 Å². The minimum atomic E-state index is -4.57. The van der Waals surface area contributed by atoms with Gasteiger partial charge in [-0.25, -0.2) is 0 Å². The van der Waals surface area contributed by atoms with Gasteiger partial charge < -0.3 is 4.74 Å². The molecule has 1 unspecified atom stereocenters. The Labute approximate surface area is 102 Å². The van der Waals surface area contributed by atoms with Crippen molar-refractivity contribution in [2.24, 2.45) is 5.92 Å². The zero-order valence-corrected chi connectivity index (χ0v) is 10.1. The second-order valence-electron chi connectivity index (χ2n) is 3.96. The monoisotopic (exact) mass is 268 g/mol. The lowest BCUT2D eigenvalue weighted by atomic mass is 9.91. The van der Waals surface area contributed by atoms with Crippen molar-refractivity contribution >= 4 is 17.6 Å². The van der Waals surface area contributed by atoms with Crippen LogP contribution in [0.3, 0.4) is 0 Å². The van der Waals surface area contributed by atoms with E-state index in [1.54, 1.807) is 13.8 Å². The third kappa shape index (κ3) is 3.77. The first kappa shape index (κ1) is 14.1. The predicted molar refractivity (Wildman–Crippen MR) is 57.4 cm³/mol. The number of carbonyl (C=O) groups excluding carboxylic acids is 1. The Morgan fingerprint density at radius 3 is 2.59 bits per heavy atom. The molecular formula is C11H12ClF3O2. The van der Waals surface area contributed by atoms with E-state index in [0.717, 1.165) is 6.08 Å². The molecule has 0 radical (unpaired) electrons. The van der Waals surface area contributed by atoms with E-state index in [4.69, 9.17) is 16.3 Å². The summed E-state index contributed by atoms with van der Waals surface area (Å²) < 4.78 is 42.9. The standard InChI is InChI=1S/C11H12ClF3O2/c1-6(2)17-10(16)8-4-3-7(12)5-9(8)11(13,14)15/h3,5-6,8H,4H2,1-2H3. The van der Waals surface area contributed by atoms with Crippen LogP contribution in [-0.4, -0.2) is 18.2 Å². The Morgan fingerprint density at radius 2 is 2.12 bits per heavy atom. The van der Waals surface area contributed by atoms with Crippen molar-refractivity contribution in [1.29, 1.82) is 0 Å². The van der Waals surface area contributed by atoms with Crippen molar-refractivity contribution in [3.05, 3.63) is 22.8 Å². The van der Waals surface area contributed by atoms with Crippen LogP contribution in [-0.2, 0) is 9.53 Å². The molecular weight excluding hydrogens is 257 g/mol. The van der Waals surface area contributed by atoms with E-state index < -0.39 is 29.7 Å². The average molecular weight is 269 g/mol. The van der Waals surface area contributed by atoms with E-state index >= 15 is 0 Å². The summed E-state index contributed by atoms with van der Waals surface area (Å²) in [4.78, 5) is 11.5. The van der Waals surface area contributed by atoms with Crippen LogP contribution in [0.15, 0.2) is 22.8 Å². The molecule has 2 nitrogen and oxygen atoms in total. The molecule has 0 aromatic carbocycles. The van der Waals surface area contributed by atoms with Gasteiger partial charge in [0.25, 0.3) is 0 Å². The van der Waals surface area contributed by atoms with Gasteiger partial charge in [-0.1, -0.05) is 17.7 Å². The van der Waals surface area contributed by atoms with E-state index in [2.05, 4.69) is 0 Å². The third-order valence-electron chi connectivity index (χ3n) is 2.18. The molecule has 0 aromatic rings. The second kappa shape index (κ2) is 5.12. The summed E-state index contributed by atoms with van der Waals surface area (Å²) in [6.07, 6.45) is -2.95. The molecule has 96 valence electrons. The largest absolute Gasteiger partial charge is 0.463 e. The Morgan fingerprint density at radius 1 is 1.53 bits per heavy atom. The van der Waals surface area contributed by atoms with Crippen molar-refractivity contribution < 1.29 is 22.7 Å². The fourth-order valence-corrected chi connectivity index (χ4v) is 1.69. The van der Waals surface area contributed by atoms with Gasteiger partial charge in [-0.3, -0.25) is 4.79 Å². The normalized spacial score (nSPS) is 21.0. The number of esters is 1. The van der Waals surface area contributed by atoms with Crippen LogP contribution in [0, 0.1) is 5.92 Å². The summed E-state index contributed by atoms with van der Waals surface area (Å²) in [6, 6.07) is 0. The van der Waals surface area contributed by atoms with Crippen LogP contribution < -0.4 is 0 Å². The maximum absolute atomic E-state index is 12.7. The van der Waals surface area contributed by atoms with Gasteiger partial charge in [-0.15, -0.1) is 0 Å². The maximum Gasteiger partial charge on any atom is 0.413 e. The summed E-state index contributed by atoms with van der Waals surface area (Å²) in [7, 11) is 0. The highest BCUT2D eigenvalue weighted by atomic mass is 35.5. The van der Waals surface area contributed by atoms with Gasteiger partial charge in [0.15, 0.2) is 0 Å². The lowest BCUT2D eigenvalue weighted by Crippen LogP contribution is -2.30. The number of carbonyl (C=O) groups is 1. The Balaban J connectivity index is 2.94. The molecule has 0 aromatic heterocycles. The zero-order chi connectivity index (χ0) is 13.2. The van der Waals surface area contributed by atoms with E-state index in [0.29, 0.717) is 0 Å². The summed E-state index contributed by atoms with van der Waals surface area (Å²) in [5.41, 5.74) is -0.948. The highest BCUT2D eigenvalue weighted by molar-refractivity contribution is 6.31. The lowest BCUT2D eigenvalue weighted by molar-refractivity contribution is -0.155. The molecule has 0 bridgehead atoms. The Bertz CT molecular complexity index is 369. The van der Waals surface area contributed by atoms with Gasteiger partial charge in [0, 0.05) is 10.6 Å². The Kier molecular flexibility index (Phi) is 4.25. The zero-order valence-electron chi connectivity index (χ0n) is 9.34. The SMILES string of the molecule is CC(C)OC(=O)C1CC=C(Cl)C=C1C(F)(F)F. The van der Waals surface area contributed by atoms with Crippen LogP contribution in [0.25, 0.3) is 0 Å². The average Bonchev–Trinajstić information content (AvgIpc) is 2.14. The van der Waals surface area contributed by atoms with Gasteiger partial charge >= 0.3 is 12.1 Å². The summed E-state index contributed by atoms with van der Waals surface area (Å²) in [5.74, 6) is -2.19. The number of ether oxygens (including phenoxy) is 1. The first-order valence-corrected chi connectivity index (χ1v) is 5.44. The fourth-order valence-electron chi connectivity index (χ4n) is 1.48. The molecule has 0 N–H and O–H groups in total. The van der Waals surface area contributed by atoms with Crippen LogP contribution in [0.4, 0.5) is 13.2 Å². The molecule has 1 aliphatic rings. The number of rotatable bonds is 2. The van der Waals surface area contributed by atoms with E-state index in [1.807, 2.05) is 0 Å². The minimum Gasteiger partial charge on any atom is -0.463 e. The number of hydrogen-bond donors (Lipinski definition) is 0. The highest BCUT2D eigenvalue weighted by Crippen LogP contribution is 2.38. The molecule has 0 aliphatic heterocycles. The molecule has 1 rings (SSSR count). The molecule has 0 spiro atoms. The van der Waals surface area contributed by atoms with E-state index in [-0.39, 0.29) is 11.5 Å². The van der Waals surface area contributed by atoms with Crippen molar-refractivity contribution in [2.45, 2.75) is 32.5 Å². The second-order valence-corrected chi connectivity index (χ2v) is 4.40. The molecule has 6 heteroatoms. The van der Waals surface area contributed by atoms with E-state index in [1.165, 1.54) is 6.08 Å². The summed E-state index contributed by atoms with van der Waals surface area (Å²) >= 11 is 5.53. The molecule has 1 atom stereocenters. The molecule has 0 fully saturated rings. The lowest BCUT2D eigenvalue weighted by Gasteiger charge is -2.23. The quantitative estimate of drug-likeness (QED) is 0.716. The van der Waals surface area contributed by atoms with Gasteiger partial charge in [0.2, 0.25) is 0 Å². The number of halogens is 4. The predicted octanol–water partition coefficient (Wildman–Crippen LogP) is 3.57. The third-order valence-corrected chi connectivity index (χ3v) is 2.44. The molecule has 17 heavy (non-hydrogen) atoms. The molecule has 0 heterocycles. The fraction of sp³-hybridized carbons (Fsp3) is 0.545. The highest BCUT2D eigenvalue weighted by Gasteiger charge is 2.43. The Hall–Kier alpha value is -0.970. The molecule has 0 saturated carbocycles. The molecule has 0 saturated heterocycles. The first-order chi connectivity index (χ1) is 7.71. The van der Waals surface area contributed by atoms with Crippen molar-refractivity contribution in [1.82, 2.24) is 0 Å². The smallest absolute Gasteiger partial charge is 0.413 e. The summed E-state index contributed by atoms with van der Waals surface area (Å²) in [5, 5.41) is -0.00841. The van der Waals surface area contributed by atoms with Gasteiger partial charge in [0.05, 0.1) is 12.0 Å². The van der Waals surface area contributed by atoms with Crippen LogP contribution in [0.2, 0.25) is 0 Å². The van der Waals surface area contributed by atoms with Crippen molar-refractivity contribution in [3.8, 4) is 0 Å². The van der Waals surface area contributed by atoms with E-state index in [9.17, 15) is 18.0 Å².